The van der Waals surface area contributed by atoms with Gasteiger partial charge in [-0.25, -0.2) is 15.0 Å². The molecule has 1 aromatic heterocycles. The Morgan fingerprint density at radius 2 is 0.500 bits per heavy atom. The van der Waals surface area contributed by atoms with E-state index in [0.29, 0.717) is 17.5 Å². The molecule has 0 saturated heterocycles. The number of benzene rings is 10. The third-order valence-electron chi connectivity index (χ3n) is 10.6. The van der Waals surface area contributed by atoms with Gasteiger partial charge in [-0.15, -0.1) is 0 Å². The Balaban J connectivity index is 1.17. The molecule has 3 nitrogen and oxygen atoms in total. The molecular weight excluding hydrogens is 631 g/mol. The lowest BCUT2D eigenvalue weighted by atomic mass is 9.93. The van der Waals surface area contributed by atoms with Crippen LogP contribution in [0.25, 0.3) is 110 Å². The molecule has 0 radical (unpaired) electrons. The third-order valence-corrected chi connectivity index (χ3v) is 10.6. The van der Waals surface area contributed by atoms with Gasteiger partial charge in [0, 0.05) is 16.7 Å². The average molecular weight is 660 g/mol. The highest BCUT2D eigenvalue weighted by atomic mass is 15.0. The predicted molar refractivity (Wildman–Crippen MR) is 219 cm³/mol. The Hall–Kier alpha value is -6.97. The summed E-state index contributed by atoms with van der Waals surface area (Å²) in [5.74, 6) is 1.95. The van der Waals surface area contributed by atoms with Gasteiger partial charge in [0.05, 0.1) is 0 Å². The maximum Gasteiger partial charge on any atom is 0.164 e. The molecule has 0 amide bonds. The second-order valence-corrected chi connectivity index (χ2v) is 13.6. The molecule has 11 aromatic rings. The molecule has 0 bridgehead atoms. The first-order chi connectivity index (χ1) is 25.8. The molecule has 0 aliphatic carbocycles. The SMILES string of the molecule is c1ccc2cc(-c3nc(-c4ccc5c6ccccc6c6ccccc6c5c4)nc(-c4ccc5c6ccccc6c6ccccc6c5c4)n3)ccc2c1. The summed E-state index contributed by atoms with van der Waals surface area (Å²) in [5.41, 5.74) is 2.87. The molecule has 10 aromatic carbocycles. The van der Waals surface area contributed by atoms with Crippen molar-refractivity contribution in [1.29, 1.82) is 0 Å². The van der Waals surface area contributed by atoms with Gasteiger partial charge in [0.2, 0.25) is 0 Å². The summed E-state index contributed by atoms with van der Waals surface area (Å²) in [5, 5.41) is 17.1. The highest BCUT2D eigenvalue weighted by molar-refractivity contribution is 6.27. The molecule has 0 saturated carbocycles. The van der Waals surface area contributed by atoms with Crippen LogP contribution in [0, 0.1) is 0 Å². The van der Waals surface area contributed by atoms with Crippen molar-refractivity contribution in [2.45, 2.75) is 0 Å². The zero-order valence-electron chi connectivity index (χ0n) is 28.1. The van der Waals surface area contributed by atoms with Crippen LogP contribution in [0.4, 0.5) is 0 Å². The highest BCUT2D eigenvalue weighted by Gasteiger charge is 2.17. The van der Waals surface area contributed by atoms with E-state index in [2.05, 4.69) is 176 Å². The van der Waals surface area contributed by atoms with Crippen LogP contribution in [0.2, 0.25) is 0 Å². The zero-order valence-corrected chi connectivity index (χ0v) is 28.1. The van der Waals surface area contributed by atoms with Gasteiger partial charge in [-0.1, -0.05) is 158 Å². The van der Waals surface area contributed by atoms with Gasteiger partial charge >= 0.3 is 0 Å². The molecule has 0 fully saturated rings. The summed E-state index contributed by atoms with van der Waals surface area (Å²) in [4.78, 5) is 15.6. The Labute approximate surface area is 299 Å². The Bertz CT molecular complexity index is 3010. The smallest absolute Gasteiger partial charge is 0.164 e. The van der Waals surface area contributed by atoms with Crippen molar-refractivity contribution in [2.75, 3.05) is 0 Å². The number of rotatable bonds is 3. The lowest BCUT2D eigenvalue weighted by Gasteiger charge is -2.14. The number of hydrogen-bond donors (Lipinski definition) is 0. The van der Waals surface area contributed by atoms with Crippen molar-refractivity contribution in [3.63, 3.8) is 0 Å². The summed E-state index contributed by atoms with van der Waals surface area (Å²) < 4.78 is 0. The molecule has 0 N–H and O–H groups in total. The van der Waals surface area contributed by atoms with Crippen LogP contribution in [0.1, 0.15) is 0 Å². The minimum Gasteiger partial charge on any atom is -0.208 e. The average Bonchev–Trinajstić information content (AvgIpc) is 3.23. The highest BCUT2D eigenvalue weighted by Crippen LogP contribution is 2.39. The van der Waals surface area contributed by atoms with E-state index < -0.39 is 0 Å². The van der Waals surface area contributed by atoms with Gasteiger partial charge in [-0.05, 0) is 93.6 Å². The minimum absolute atomic E-state index is 0.649. The van der Waals surface area contributed by atoms with E-state index in [0.717, 1.165) is 22.1 Å². The molecule has 3 heteroatoms. The number of nitrogens with zero attached hydrogens (tertiary/aromatic N) is 3. The lowest BCUT2D eigenvalue weighted by Crippen LogP contribution is -2.00. The molecule has 240 valence electrons. The molecule has 0 aliphatic heterocycles. The van der Waals surface area contributed by atoms with Gasteiger partial charge in [-0.3, -0.25) is 0 Å². The van der Waals surface area contributed by atoms with E-state index in [4.69, 9.17) is 15.0 Å². The van der Waals surface area contributed by atoms with Crippen molar-refractivity contribution in [3.05, 3.63) is 176 Å². The van der Waals surface area contributed by atoms with Crippen LogP contribution in [0.3, 0.4) is 0 Å². The van der Waals surface area contributed by atoms with Crippen LogP contribution in [-0.4, -0.2) is 15.0 Å². The quantitative estimate of drug-likeness (QED) is 0.177. The number of fused-ring (bicyclic) bond motifs is 13. The topological polar surface area (TPSA) is 38.7 Å². The van der Waals surface area contributed by atoms with Gasteiger partial charge in [0.25, 0.3) is 0 Å². The molecule has 0 aliphatic rings. The van der Waals surface area contributed by atoms with E-state index in [1.54, 1.807) is 0 Å². The lowest BCUT2D eigenvalue weighted by molar-refractivity contribution is 1.08. The first-order valence-electron chi connectivity index (χ1n) is 17.7. The zero-order chi connectivity index (χ0) is 34.2. The monoisotopic (exact) mass is 659 g/mol. The summed E-state index contributed by atoms with van der Waals surface area (Å²) in [7, 11) is 0. The molecule has 0 spiro atoms. The maximum atomic E-state index is 5.24. The van der Waals surface area contributed by atoms with E-state index in [9.17, 15) is 0 Å². The fourth-order valence-corrected chi connectivity index (χ4v) is 8.19. The third kappa shape index (κ3) is 4.43. The minimum atomic E-state index is 0.649. The van der Waals surface area contributed by atoms with Crippen LogP contribution in [0.5, 0.6) is 0 Å². The summed E-state index contributed by atoms with van der Waals surface area (Å²) in [6.45, 7) is 0. The Morgan fingerprint density at radius 3 is 0.904 bits per heavy atom. The van der Waals surface area contributed by atoms with E-state index >= 15 is 0 Å². The summed E-state index contributed by atoms with van der Waals surface area (Å²) in [6, 6.07) is 62.8. The van der Waals surface area contributed by atoms with E-state index in [1.807, 2.05) is 0 Å². The molecule has 0 atom stereocenters. The number of hydrogen-bond acceptors (Lipinski definition) is 3. The van der Waals surface area contributed by atoms with Gasteiger partial charge in [0.1, 0.15) is 0 Å². The van der Waals surface area contributed by atoms with Gasteiger partial charge in [0.15, 0.2) is 17.5 Å². The maximum absolute atomic E-state index is 5.24. The van der Waals surface area contributed by atoms with Crippen molar-refractivity contribution in [3.8, 4) is 34.2 Å². The normalized spacial score (nSPS) is 11.8. The Kier molecular flexibility index (Phi) is 6.25. The largest absolute Gasteiger partial charge is 0.208 e. The fraction of sp³-hybridized carbons (Fsp3) is 0. The molecule has 52 heavy (non-hydrogen) atoms. The second-order valence-electron chi connectivity index (χ2n) is 13.6. The standard InChI is InChI=1S/C49H29N3/c1-2-12-31-27-32(22-21-30(31)11-1)47-50-48(33-23-25-43-39-17-5-3-13-35(39)37-15-7-9-19-41(37)45(43)28-33)52-49(51-47)34-24-26-44-40-18-6-4-14-36(40)38-16-8-10-20-42(38)46(44)29-34/h1-29H. The first-order valence-corrected chi connectivity index (χ1v) is 17.7. The van der Waals surface area contributed by atoms with Crippen molar-refractivity contribution >= 4 is 75.4 Å². The van der Waals surface area contributed by atoms with Crippen molar-refractivity contribution in [2.24, 2.45) is 0 Å². The number of aromatic nitrogens is 3. The molecule has 0 unspecified atom stereocenters. The van der Waals surface area contributed by atoms with Crippen molar-refractivity contribution in [1.82, 2.24) is 15.0 Å². The fourth-order valence-electron chi connectivity index (χ4n) is 8.19. The van der Waals surface area contributed by atoms with Crippen molar-refractivity contribution < 1.29 is 0 Å². The Morgan fingerprint density at radius 1 is 0.212 bits per heavy atom. The van der Waals surface area contributed by atoms with Crippen LogP contribution >= 0.6 is 0 Å². The van der Waals surface area contributed by atoms with Crippen LogP contribution < -0.4 is 0 Å². The van der Waals surface area contributed by atoms with Crippen LogP contribution in [0.15, 0.2) is 176 Å². The van der Waals surface area contributed by atoms with E-state index in [1.165, 1.54) is 70.0 Å². The first kappa shape index (κ1) is 28.8. The second kappa shape index (κ2) is 11.3. The molecular formula is C49H29N3. The molecule has 1 heterocycles. The van der Waals surface area contributed by atoms with Gasteiger partial charge in [-0.2, -0.15) is 0 Å². The summed E-state index contributed by atoms with van der Waals surface area (Å²) >= 11 is 0. The van der Waals surface area contributed by atoms with Gasteiger partial charge < -0.3 is 0 Å². The van der Waals surface area contributed by atoms with Crippen LogP contribution in [-0.2, 0) is 0 Å². The predicted octanol–water partition coefficient (Wildman–Crippen LogP) is 12.9. The summed E-state index contributed by atoms with van der Waals surface area (Å²) in [6.07, 6.45) is 0. The van der Waals surface area contributed by atoms with E-state index in [-0.39, 0.29) is 0 Å². The molecule has 11 rings (SSSR count).